The molecule has 1 heterocycles. The summed E-state index contributed by atoms with van der Waals surface area (Å²) in [7, 11) is 0. The highest BCUT2D eigenvalue weighted by Gasteiger charge is 2.60. The molecule has 5 heteroatoms. The summed E-state index contributed by atoms with van der Waals surface area (Å²) in [5.74, 6) is 0.913. The van der Waals surface area contributed by atoms with E-state index in [1.807, 2.05) is 0 Å². The number of aliphatic hydroxyl groups is 1. The monoisotopic (exact) mass is 274 g/mol. The molecule has 0 amide bonds. The van der Waals surface area contributed by atoms with Crippen LogP contribution >= 0.6 is 27.7 Å². The van der Waals surface area contributed by atoms with E-state index in [0.717, 1.165) is 5.75 Å². The first-order valence-electron chi connectivity index (χ1n) is 4.08. The number of hydrogen-bond donors (Lipinski definition) is 1. The van der Waals surface area contributed by atoms with Crippen molar-refractivity contribution in [3.05, 3.63) is 0 Å². The Kier molecular flexibility index (Phi) is 3.02. The van der Waals surface area contributed by atoms with Crippen molar-refractivity contribution < 1.29 is 13.9 Å². The van der Waals surface area contributed by atoms with Gasteiger partial charge in [0.2, 0.25) is 0 Å². The third-order valence-corrected chi connectivity index (χ3v) is 4.54. The maximum Gasteiger partial charge on any atom is 0.330 e. The highest BCUT2D eigenvalue weighted by Crippen LogP contribution is 2.52. The van der Waals surface area contributed by atoms with Crippen molar-refractivity contribution >= 4 is 27.7 Å². The summed E-state index contributed by atoms with van der Waals surface area (Å²) in [6, 6.07) is 0. The van der Waals surface area contributed by atoms with Gasteiger partial charge in [-0.2, -0.15) is 20.5 Å². The van der Waals surface area contributed by atoms with Gasteiger partial charge in [0.15, 0.2) is 5.60 Å². The summed E-state index contributed by atoms with van der Waals surface area (Å²) in [5.41, 5.74) is -2.69. The molecule has 1 rings (SSSR count). The Bertz CT molecular complexity index is 205. The Morgan fingerprint density at radius 2 is 2.00 bits per heavy atom. The van der Waals surface area contributed by atoms with E-state index in [1.165, 1.54) is 11.8 Å². The molecule has 1 saturated heterocycles. The lowest BCUT2D eigenvalue weighted by atomic mass is 9.73. The average Bonchev–Trinajstić information content (AvgIpc) is 1.93. The highest BCUT2D eigenvalue weighted by molar-refractivity contribution is 9.10. The highest BCUT2D eigenvalue weighted by atomic mass is 79.9. The number of alkyl halides is 3. The van der Waals surface area contributed by atoms with Crippen LogP contribution in [0.5, 0.6) is 0 Å². The molecule has 1 unspecified atom stereocenters. The van der Waals surface area contributed by atoms with Gasteiger partial charge in [0.25, 0.3) is 0 Å². The fraction of sp³-hybridized carbons (Fsp3) is 1.00. The molecule has 1 aliphatic rings. The van der Waals surface area contributed by atoms with E-state index < -0.39 is 15.8 Å². The Balaban J connectivity index is 2.98. The normalized spacial score (nSPS) is 34.6. The van der Waals surface area contributed by atoms with E-state index in [2.05, 4.69) is 15.9 Å². The quantitative estimate of drug-likeness (QED) is 0.742. The average molecular weight is 275 g/mol. The second-order valence-electron chi connectivity index (χ2n) is 4.04. The molecule has 1 nitrogen and oxygen atoms in total. The Hall–Kier alpha value is 0.650. The van der Waals surface area contributed by atoms with Crippen LogP contribution in [0.15, 0.2) is 0 Å². The molecule has 0 aromatic heterocycles. The van der Waals surface area contributed by atoms with E-state index in [9.17, 15) is 13.9 Å². The predicted octanol–water partition coefficient (Wildman–Crippen LogP) is 2.87. The fourth-order valence-electron chi connectivity index (χ4n) is 1.41. The number of halogens is 3. The molecule has 0 aromatic carbocycles. The summed E-state index contributed by atoms with van der Waals surface area (Å²) < 4.78 is 26.3. The van der Waals surface area contributed by atoms with E-state index >= 15 is 0 Å². The molecule has 1 aliphatic heterocycles. The molecule has 0 spiro atoms. The number of hydrogen-bond acceptors (Lipinski definition) is 2. The summed E-state index contributed by atoms with van der Waals surface area (Å²) in [6.07, 6.45) is 0.607. The third kappa shape index (κ3) is 1.88. The molecule has 1 N–H and O–H groups in total. The summed E-state index contributed by atoms with van der Waals surface area (Å²) in [5, 5.41) is 9.92. The lowest BCUT2D eigenvalue weighted by Crippen LogP contribution is -2.59. The van der Waals surface area contributed by atoms with Crippen molar-refractivity contribution in [1.29, 1.82) is 0 Å². The van der Waals surface area contributed by atoms with Gasteiger partial charge in [0.05, 0.1) is 0 Å². The van der Waals surface area contributed by atoms with Crippen LogP contribution in [0.4, 0.5) is 8.78 Å². The van der Waals surface area contributed by atoms with Gasteiger partial charge in [-0.3, -0.25) is 0 Å². The van der Waals surface area contributed by atoms with Crippen molar-refractivity contribution in [1.82, 2.24) is 0 Å². The van der Waals surface area contributed by atoms with Gasteiger partial charge in [-0.1, -0.05) is 13.8 Å². The van der Waals surface area contributed by atoms with Crippen LogP contribution in [0.2, 0.25) is 0 Å². The zero-order chi connectivity index (χ0) is 10.3. The first-order valence-corrected chi connectivity index (χ1v) is 6.02. The van der Waals surface area contributed by atoms with Gasteiger partial charge < -0.3 is 5.11 Å². The SMILES string of the molecule is CC1(C)CCSCC1(O)C(F)(F)Br. The molecule has 13 heavy (non-hydrogen) atoms. The zero-order valence-electron chi connectivity index (χ0n) is 7.61. The van der Waals surface area contributed by atoms with Gasteiger partial charge in [-0.25, -0.2) is 0 Å². The van der Waals surface area contributed by atoms with Crippen LogP contribution in [0.25, 0.3) is 0 Å². The van der Waals surface area contributed by atoms with Gasteiger partial charge in [0.1, 0.15) is 0 Å². The summed E-state index contributed by atoms with van der Waals surface area (Å²) >= 11 is 3.65. The van der Waals surface area contributed by atoms with Crippen molar-refractivity contribution in [2.75, 3.05) is 11.5 Å². The maximum atomic E-state index is 13.1. The molecule has 1 fully saturated rings. The van der Waals surface area contributed by atoms with Gasteiger partial charge in [-0.05, 0) is 28.1 Å². The number of thioether (sulfide) groups is 1. The molecular formula is C8H13BrF2OS. The van der Waals surface area contributed by atoms with Crippen LogP contribution in [0.1, 0.15) is 20.3 Å². The largest absolute Gasteiger partial charge is 0.381 e. The predicted molar refractivity (Wildman–Crippen MR) is 54.5 cm³/mol. The molecular weight excluding hydrogens is 262 g/mol. The van der Waals surface area contributed by atoms with Crippen molar-refractivity contribution in [3.8, 4) is 0 Å². The summed E-state index contributed by atoms with van der Waals surface area (Å²) in [6.45, 7) is 3.36. The molecule has 0 bridgehead atoms. The van der Waals surface area contributed by atoms with Crippen molar-refractivity contribution in [2.45, 2.75) is 30.7 Å². The standard InChI is InChI=1S/C8H13BrF2OS/c1-6(2)3-4-13-5-7(6,12)8(9,10)11/h12H,3-5H2,1-2H3. The third-order valence-electron chi connectivity index (χ3n) is 2.77. The van der Waals surface area contributed by atoms with E-state index in [-0.39, 0.29) is 5.75 Å². The zero-order valence-corrected chi connectivity index (χ0v) is 10.0. The van der Waals surface area contributed by atoms with E-state index in [0.29, 0.717) is 6.42 Å². The molecule has 0 saturated carbocycles. The van der Waals surface area contributed by atoms with Crippen LogP contribution in [0.3, 0.4) is 0 Å². The molecule has 78 valence electrons. The van der Waals surface area contributed by atoms with Gasteiger partial charge in [-0.15, -0.1) is 0 Å². The Morgan fingerprint density at radius 1 is 1.46 bits per heavy atom. The number of rotatable bonds is 1. The molecule has 0 aromatic rings. The van der Waals surface area contributed by atoms with Crippen LogP contribution in [-0.2, 0) is 0 Å². The minimum absolute atomic E-state index is 0.0816. The Labute approximate surface area is 89.4 Å². The molecule has 0 aliphatic carbocycles. The second-order valence-corrected chi connectivity index (χ2v) is 6.15. The van der Waals surface area contributed by atoms with Crippen LogP contribution in [-0.4, -0.2) is 27.0 Å². The lowest BCUT2D eigenvalue weighted by molar-refractivity contribution is -0.167. The van der Waals surface area contributed by atoms with Crippen LogP contribution in [0, 0.1) is 5.41 Å². The minimum atomic E-state index is -3.21. The Morgan fingerprint density at radius 3 is 2.31 bits per heavy atom. The smallest absolute Gasteiger partial charge is 0.330 e. The lowest BCUT2D eigenvalue weighted by Gasteiger charge is -2.47. The first kappa shape index (κ1) is 11.7. The van der Waals surface area contributed by atoms with Crippen molar-refractivity contribution in [3.63, 3.8) is 0 Å². The van der Waals surface area contributed by atoms with E-state index in [4.69, 9.17) is 0 Å². The van der Waals surface area contributed by atoms with Crippen molar-refractivity contribution in [2.24, 2.45) is 5.41 Å². The van der Waals surface area contributed by atoms with E-state index in [1.54, 1.807) is 13.8 Å². The first-order chi connectivity index (χ1) is 5.71. The summed E-state index contributed by atoms with van der Waals surface area (Å²) in [4.78, 5) is -3.21. The molecule has 0 radical (unpaired) electrons. The topological polar surface area (TPSA) is 20.2 Å². The van der Waals surface area contributed by atoms with Gasteiger partial charge in [0, 0.05) is 11.2 Å². The minimum Gasteiger partial charge on any atom is -0.381 e. The second kappa shape index (κ2) is 3.35. The fourth-order valence-corrected chi connectivity index (χ4v) is 3.94. The maximum absolute atomic E-state index is 13.1. The van der Waals surface area contributed by atoms with Gasteiger partial charge >= 0.3 is 4.83 Å². The van der Waals surface area contributed by atoms with Crippen LogP contribution < -0.4 is 0 Å². The molecule has 1 atom stereocenters.